The fraction of sp³-hybridized carbons (Fsp3) is 0.214. The van der Waals surface area contributed by atoms with Crippen molar-refractivity contribution in [3.63, 3.8) is 0 Å². The van der Waals surface area contributed by atoms with Crippen LogP contribution in [0.25, 0.3) is 10.9 Å². The van der Waals surface area contributed by atoms with Crippen molar-refractivity contribution in [2.75, 3.05) is 13.2 Å². The van der Waals surface area contributed by atoms with Crippen LogP contribution in [0.2, 0.25) is 5.15 Å². The molecular formula is C14H15ClN2O3S. The van der Waals surface area contributed by atoms with Gasteiger partial charge in [-0.25, -0.2) is 18.1 Å². The number of hydrogen-bond acceptors (Lipinski definition) is 4. The first-order valence-electron chi connectivity index (χ1n) is 6.31. The van der Waals surface area contributed by atoms with Gasteiger partial charge >= 0.3 is 0 Å². The van der Waals surface area contributed by atoms with Crippen LogP contribution in [0.4, 0.5) is 0 Å². The number of rotatable bonds is 7. The van der Waals surface area contributed by atoms with E-state index in [0.29, 0.717) is 30.2 Å². The summed E-state index contributed by atoms with van der Waals surface area (Å²) in [6.45, 7) is 4.14. The van der Waals surface area contributed by atoms with Gasteiger partial charge in [-0.05, 0) is 36.8 Å². The van der Waals surface area contributed by atoms with Crippen LogP contribution in [0.1, 0.15) is 6.42 Å². The van der Waals surface area contributed by atoms with Crippen LogP contribution >= 0.6 is 11.6 Å². The van der Waals surface area contributed by atoms with Crippen molar-refractivity contribution in [1.82, 2.24) is 9.71 Å². The summed E-state index contributed by atoms with van der Waals surface area (Å²) >= 11 is 5.80. The van der Waals surface area contributed by atoms with Gasteiger partial charge in [0.25, 0.3) is 0 Å². The third-order valence-corrected chi connectivity index (χ3v) is 4.46. The summed E-state index contributed by atoms with van der Waals surface area (Å²) in [7, 11) is -3.54. The molecule has 0 saturated carbocycles. The highest BCUT2D eigenvalue weighted by Gasteiger charge is 2.14. The predicted octanol–water partition coefficient (Wildman–Crippen LogP) is 2.72. The Labute approximate surface area is 128 Å². The third-order valence-electron chi connectivity index (χ3n) is 2.79. The number of aromatic nitrogens is 1. The van der Waals surface area contributed by atoms with Crippen molar-refractivity contribution >= 4 is 32.5 Å². The molecule has 0 unspecified atom stereocenters. The maximum atomic E-state index is 12.2. The number of benzene rings is 1. The number of nitrogens with zero attached hydrogens (tertiary/aromatic N) is 1. The van der Waals surface area contributed by atoms with Gasteiger partial charge < -0.3 is 4.74 Å². The number of pyridine rings is 1. The monoisotopic (exact) mass is 326 g/mol. The molecule has 0 radical (unpaired) electrons. The van der Waals surface area contributed by atoms with E-state index < -0.39 is 10.0 Å². The SMILES string of the molecule is C=COCCCNS(=O)(=O)c1ccc2nc(Cl)ccc2c1. The second-order valence-corrected chi connectivity index (χ2v) is 6.43. The van der Waals surface area contributed by atoms with Gasteiger partial charge in [-0.2, -0.15) is 0 Å². The van der Waals surface area contributed by atoms with Crippen LogP contribution in [-0.2, 0) is 14.8 Å². The number of halogens is 1. The first kappa shape index (κ1) is 15.8. The summed E-state index contributed by atoms with van der Waals surface area (Å²) in [6, 6.07) is 8.08. The number of nitrogens with one attached hydrogen (secondary N) is 1. The molecule has 0 atom stereocenters. The van der Waals surface area contributed by atoms with Crippen LogP contribution in [0, 0.1) is 0 Å². The molecule has 0 aliphatic heterocycles. The van der Waals surface area contributed by atoms with E-state index >= 15 is 0 Å². The molecular weight excluding hydrogens is 312 g/mol. The largest absolute Gasteiger partial charge is 0.502 e. The fourth-order valence-corrected chi connectivity index (χ4v) is 3.04. The molecule has 5 nitrogen and oxygen atoms in total. The van der Waals surface area contributed by atoms with Crippen LogP contribution in [0.15, 0.2) is 48.1 Å². The zero-order valence-electron chi connectivity index (χ0n) is 11.3. The van der Waals surface area contributed by atoms with E-state index in [1.807, 2.05) is 0 Å². The molecule has 0 spiro atoms. The van der Waals surface area contributed by atoms with Gasteiger partial charge in [0.1, 0.15) is 5.15 Å². The van der Waals surface area contributed by atoms with Crippen LogP contribution in [0.3, 0.4) is 0 Å². The Morgan fingerprint density at radius 1 is 1.33 bits per heavy atom. The van der Waals surface area contributed by atoms with E-state index in [1.165, 1.54) is 12.3 Å². The number of sulfonamides is 1. The Balaban J connectivity index is 2.12. The highest BCUT2D eigenvalue weighted by Crippen LogP contribution is 2.19. The van der Waals surface area contributed by atoms with Crippen LogP contribution in [-0.4, -0.2) is 26.6 Å². The average molecular weight is 327 g/mol. The molecule has 112 valence electrons. The van der Waals surface area contributed by atoms with Crippen molar-refractivity contribution in [3.05, 3.63) is 48.3 Å². The van der Waals surface area contributed by atoms with Gasteiger partial charge in [-0.3, -0.25) is 0 Å². The standard InChI is InChI=1S/C14H15ClN2O3S/c1-2-20-9-3-8-16-21(18,19)12-5-6-13-11(10-12)4-7-14(15)17-13/h2,4-7,10,16H,1,3,8-9H2. The highest BCUT2D eigenvalue weighted by molar-refractivity contribution is 7.89. The molecule has 1 aromatic heterocycles. The summed E-state index contributed by atoms with van der Waals surface area (Å²) in [6.07, 6.45) is 1.89. The molecule has 2 rings (SSSR count). The zero-order chi connectivity index (χ0) is 15.3. The number of fused-ring (bicyclic) bond motifs is 1. The van der Waals surface area contributed by atoms with Gasteiger partial charge in [0.2, 0.25) is 10.0 Å². The lowest BCUT2D eigenvalue weighted by Gasteiger charge is -2.07. The molecule has 0 amide bonds. The van der Waals surface area contributed by atoms with Crippen molar-refractivity contribution in [2.24, 2.45) is 0 Å². The van der Waals surface area contributed by atoms with Gasteiger partial charge in [0.05, 0.1) is 23.3 Å². The summed E-state index contributed by atoms with van der Waals surface area (Å²) in [4.78, 5) is 4.32. The number of hydrogen-bond donors (Lipinski definition) is 1. The summed E-state index contributed by atoms with van der Waals surface area (Å²) in [5.74, 6) is 0. The number of ether oxygens (including phenoxy) is 1. The minimum Gasteiger partial charge on any atom is -0.502 e. The maximum absolute atomic E-state index is 12.2. The molecule has 0 bridgehead atoms. The molecule has 1 heterocycles. The van der Waals surface area contributed by atoms with E-state index in [0.717, 1.165) is 5.39 Å². The molecule has 2 aromatic rings. The lowest BCUT2D eigenvalue weighted by atomic mass is 10.2. The first-order chi connectivity index (χ1) is 10.0. The summed E-state index contributed by atoms with van der Waals surface area (Å²) in [5.41, 5.74) is 0.654. The Kier molecular flexibility index (Phi) is 5.17. The topological polar surface area (TPSA) is 68.3 Å². The second kappa shape index (κ2) is 6.89. The van der Waals surface area contributed by atoms with Crippen molar-refractivity contribution in [2.45, 2.75) is 11.3 Å². The van der Waals surface area contributed by atoms with Gasteiger partial charge in [-0.1, -0.05) is 18.2 Å². The minimum absolute atomic E-state index is 0.198. The van der Waals surface area contributed by atoms with Crippen LogP contribution < -0.4 is 4.72 Å². The van der Waals surface area contributed by atoms with Crippen LogP contribution in [0.5, 0.6) is 0 Å². The molecule has 21 heavy (non-hydrogen) atoms. The smallest absolute Gasteiger partial charge is 0.240 e. The lowest BCUT2D eigenvalue weighted by molar-refractivity contribution is 0.247. The fourth-order valence-electron chi connectivity index (χ4n) is 1.77. The molecule has 0 saturated heterocycles. The van der Waals surface area contributed by atoms with E-state index in [-0.39, 0.29) is 4.90 Å². The Hall–Kier alpha value is -1.63. The normalized spacial score (nSPS) is 11.5. The van der Waals surface area contributed by atoms with Gasteiger partial charge in [0.15, 0.2) is 0 Å². The molecule has 0 fully saturated rings. The van der Waals surface area contributed by atoms with E-state index in [9.17, 15) is 8.42 Å². The van der Waals surface area contributed by atoms with Crippen molar-refractivity contribution in [3.8, 4) is 0 Å². The molecule has 0 aliphatic rings. The zero-order valence-corrected chi connectivity index (χ0v) is 12.8. The van der Waals surface area contributed by atoms with E-state index in [1.54, 1.807) is 24.3 Å². The molecule has 1 N–H and O–H groups in total. The average Bonchev–Trinajstić information content (AvgIpc) is 2.46. The quantitative estimate of drug-likeness (QED) is 0.482. The molecule has 7 heteroatoms. The van der Waals surface area contributed by atoms with Gasteiger partial charge in [0, 0.05) is 11.9 Å². The van der Waals surface area contributed by atoms with Crippen molar-refractivity contribution < 1.29 is 13.2 Å². The molecule has 0 aliphatic carbocycles. The Bertz CT molecular complexity index is 747. The Morgan fingerprint density at radius 2 is 2.14 bits per heavy atom. The van der Waals surface area contributed by atoms with E-state index in [4.69, 9.17) is 16.3 Å². The summed E-state index contributed by atoms with van der Waals surface area (Å²) in [5, 5.41) is 1.09. The predicted molar refractivity (Wildman–Crippen MR) is 82.7 cm³/mol. The summed E-state index contributed by atoms with van der Waals surface area (Å²) < 4.78 is 31.8. The lowest BCUT2D eigenvalue weighted by Crippen LogP contribution is -2.25. The minimum atomic E-state index is -3.54. The molecule has 1 aromatic carbocycles. The highest BCUT2D eigenvalue weighted by atomic mass is 35.5. The first-order valence-corrected chi connectivity index (χ1v) is 8.17. The third kappa shape index (κ3) is 4.17. The maximum Gasteiger partial charge on any atom is 0.240 e. The Morgan fingerprint density at radius 3 is 2.90 bits per heavy atom. The van der Waals surface area contributed by atoms with E-state index in [2.05, 4.69) is 16.3 Å². The second-order valence-electron chi connectivity index (χ2n) is 4.28. The van der Waals surface area contributed by atoms with Gasteiger partial charge in [-0.15, -0.1) is 0 Å². The van der Waals surface area contributed by atoms with Crippen molar-refractivity contribution in [1.29, 1.82) is 0 Å².